The second-order valence-electron chi connectivity index (χ2n) is 6.44. The summed E-state index contributed by atoms with van der Waals surface area (Å²) < 4.78 is 0. The van der Waals surface area contributed by atoms with Gasteiger partial charge in [-0.05, 0) is 39.0 Å². The Bertz CT molecular complexity index is 771. The van der Waals surface area contributed by atoms with Crippen LogP contribution in [0.15, 0.2) is 30.3 Å². The molecule has 5 nitrogen and oxygen atoms in total. The van der Waals surface area contributed by atoms with Crippen LogP contribution in [0.3, 0.4) is 0 Å². The molecule has 2 amide bonds. The first-order chi connectivity index (χ1) is 11.5. The van der Waals surface area contributed by atoms with E-state index in [1.165, 1.54) is 0 Å². The topological polar surface area (TPSA) is 56.4 Å². The number of carbonyl (C=O) groups excluding carboxylic acids is 2. The molecule has 2 aromatic rings. The molecule has 1 aromatic carbocycles. The summed E-state index contributed by atoms with van der Waals surface area (Å²) in [5, 5.41) is 0. The average Bonchev–Trinajstić information content (AvgIpc) is 2.92. The summed E-state index contributed by atoms with van der Waals surface area (Å²) in [4.78, 5) is 32.0. The van der Waals surface area contributed by atoms with Crippen LogP contribution in [0.4, 0.5) is 0 Å². The highest BCUT2D eigenvalue weighted by atomic mass is 16.2. The Morgan fingerprint density at radius 1 is 0.917 bits per heavy atom. The van der Waals surface area contributed by atoms with Crippen LogP contribution >= 0.6 is 0 Å². The zero-order valence-corrected chi connectivity index (χ0v) is 14.4. The zero-order chi connectivity index (χ0) is 17.3. The summed E-state index contributed by atoms with van der Waals surface area (Å²) in [5.74, 6) is 0.0824. The molecule has 3 rings (SSSR count). The van der Waals surface area contributed by atoms with Crippen molar-refractivity contribution in [3.05, 3.63) is 58.4 Å². The first kappa shape index (κ1) is 16.3. The Morgan fingerprint density at radius 3 is 2.08 bits per heavy atom. The zero-order valence-electron chi connectivity index (χ0n) is 14.4. The molecule has 1 aliphatic heterocycles. The lowest BCUT2D eigenvalue weighted by molar-refractivity contribution is 0.0535. The molecule has 2 heterocycles. The van der Waals surface area contributed by atoms with Gasteiger partial charge in [0.25, 0.3) is 11.8 Å². The van der Waals surface area contributed by atoms with Crippen LogP contribution in [0, 0.1) is 20.8 Å². The van der Waals surface area contributed by atoms with E-state index in [9.17, 15) is 9.59 Å². The fourth-order valence-electron chi connectivity index (χ4n) is 3.19. The van der Waals surface area contributed by atoms with Gasteiger partial charge in [-0.15, -0.1) is 0 Å². The molecule has 0 saturated carbocycles. The number of benzene rings is 1. The highest BCUT2D eigenvalue weighted by Gasteiger charge is 2.26. The van der Waals surface area contributed by atoms with Crippen LogP contribution in [-0.2, 0) is 0 Å². The summed E-state index contributed by atoms with van der Waals surface area (Å²) in [6, 6.07) is 9.53. The first-order valence-electron chi connectivity index (χ1n) is 8.27. The largest absolute Gasteiger partial charge is 0.362 e. The Balaban J connectivity index is 1.64. The molecule has 0 bridgehead atoms. The highest BCUT2D eigenvalue weighted by molar-refractivity contribution is 5.96. The molecule has 5 heteroatoms. The van der Waals surface area contributed by atoms with Gasteiger partial charge in [0.05, 0.1) is 5.56 Å². The maximum Gasteiger partial charge on any atom is 0.255 e. The summed E-state index contributed by atoms with van der Waals surface area (Å²) in [5.41, 5.74) is 4.41. The van der Waals surface area contributed by atoms with E-state index >= 15 is 0 Å². The van der Waals surface area contributed by atoms with Crippen molar-refractivity contribution in [2.75, 3.05) is 26.2 Å². The van der Waals surface area contributed by atoms with Crippen molar-refractivity contribution in [2.45, 2.75) is 20.8 Å². The molecular formula is C19H23N3O2. The first-order valence-corrected chi connectivity index (χ1v) is 8.27. The number of carbonyl (C=O) groups is 2. The molecule has 1 N–H and O–H groups in total. The minimum Gasteiger partial charge on any atom is -0.362 e. The van der Waals surface area contributed by atoms with Gasteiger partial charge in [0.15, 0.2) is 0 Å². The van der Waals surface area contributed by atoms with E-state index in [0.717, 1.165) is 22.5 Å². The SMILES string of the molecule is Cc1cccc(C(=O)N2CCN(C(=O)c3cc(C)[nH]c3C)CC2)c1. The summed E-state index contributed by atoms with van der Waals surface area (Å²) >= 11 is 0. The predicted octanol–water partition coefficient (Wildman–Crippen LogP) is 2.54. The van der Waals surface area contributed by atoms with Crippen LogP contribution in [-0.4, -0.2) is 52.8 Å². The van der Waals surface area contributed by atoms with Crippen molar-refractivity contribution in [3.8, 4) is 0 Å². The van der Waals surface area contributed by atoms with Gasteiger partial charge >= 0.3 is 0 Å². The Labute approximate surface area is 142 Å². The minimum absolute atomic E-state index is 0.0412. The molecule has 126 valence electrons. The van der Waals surface area contributed by atoms with E-state index in [0.29, 0.717) is 31.7 Å². The fraction of sp³-hybridized carbons (Fsp3) is 0.368. The number of amides is 2. The third-order valence-electron chi connectivity index (χ3n) is 4.50. The van der Waals surface area contributed by atoms with E-state index in [-0.39, 0.29) is 11.8 Å². The van der Waals surface area contributed by atoms with Crippen LogP contribution < -0.4 is 0 Å². The Kier molecular flexibility index (Phi) is 4.42. The second kappa shape index (κ2) is 6.51. The van der Waals surface area contributed by atoms with Crippen LogP contribution in [0.2, 0.25) is 0 Å². The number of H-pyrrole nitrogens is 1. The smallest absolute Gasteiger partial charge is 0.255 e. The van der Waals surface area contributed by atoms with Crippen molar-refractivity contribution < 1.29 is 9.59 Å². The van der Waals surface area contributed by atoms with Gasteiger partial charge in [-0.25, -0.2) is 0 Å². The van der Waals surface area contributed by atoms with Gasteiger partial charge < -0.3 is 14.8 Å². The summed E-state index contributed by atoms with van der Waals surface area (Å²) in [7, 11) is 0. The van der Waals surface area contributed by atoms with Crippen molar-refractivity contribution in [1.29, 1.82) is 0 Å². The number of aromatic nitrogens is 1. The number of hydrogen-bond donors (Lipinski definition) is 1. The molecule has 1 saturated heterocycles. The molecule has 1 fully saturated rings. The third kappa shape index (κ3) is 3.20. The summed E-state index contributed by atoms with van der Waals surface area (Å²) in [6.07, 6.45) is 0. The summed E-state index contributed by atoms with van der Waals surface area (Å²) in [6.45, 7) is 8.12. The molecular weight excluding hydrogens is 302 g/mol. The van der Waals surface area contributed by atoms with Gasteiger partial charge in [0.2, 0.25) is 0 Å². The van der Waals surface area contributed by atoms with Crippen LogP contribution in [0.25, 0.3) is 0 Å². The van der Waals surface area contributed by atoms with Gasteiger partial charge in [-0.2, -0.15) is 0 Å². The van der Waals surface area contributed by atoms with Crippen molar-refractivity contribution >= 4 is 11.8 Å². The van der Waals surface area contributed by atoms with Gasteiger partial charge in [-0.1, -0.05) is 17.7 Å². The van der Waals surface area contributed by atoms with E-state index < -0.39 is 0 Å². The molecule has 24 heavy (non-hydrogen) atoms. The molecule has 1 aromatic heterocycles. The van der Waals surface area contributed by atoms with Crippen molar-refractivity contribution in [3.63, 3.8) is 0 Å². The number of aryl methyl sites for hydroxylation is 3. The van der Waals surface area contributed by atoms with Crippen LogP contribution in [0.1, 0.15) is 37.7 Å². The van der Waals surface area contributed by atoms with Gasteiger partial charge in [0, 0.05) is 43.1 Å². The molecule has 1 aliphatic rings. The molecule has 0 spiro atoms. The fourth-order valence-corrected chi connectivity index (χ4v) is 3.19. The molecule has 0 unspecified atom stereocenters. The number of hydrogen-bond acceptors (Lipinski definition) is 2. The average molecular weight is 325 g/mol. The standard InChI is InChI=1S/C19H23N3O2/c1-13-5-4-6-16(11-13)18(23)21-7-9-22(10-8-21)19(24)17-12-14(2)20-15(17)3/h4-6,11-12,20H,7-10H2,1-3H3. The van der Waals surface area contributed by atoms with Crippen molar-refractivity contribution in [2.24, 2.45) is 0 Å². The van der Waals surface area contributed by atoms with Crippen LogP contribution in [0.5, 0.6) is 0 Å². The minimum atomic E-state index is 0.0412. The highest BCUT2D eigenvalue weighted by Crippen LogP contribution is 2.15. The third-order valence-corrected chi connectivity index (χ3v) is 4.50. The van der Waals surface area contributed by atoms with E-state index in [2.05, 4.69) is 4.98 Å². The Hall–Kier alpha value is -2.56. The normalized spacial score (nSPS) is 14.8. The second-order valence-corrected chi connectivity index (χ2v) is 6.44. The van der Waals surface area contributed by atoms with Crippen molar-refractivity contribution in [1.82, 2.24) is 14.8 Å². The lowest BCUT2D eigenvalue weighted by Crippen LogP contribution is -2.50. The van der Waals surface area contributed by atoms with E-state index in [1.807, 2.05) is 60.9 Å². The van der Waals surface area contributed by atoms with E-state index in [1.54, 1.807) is 0 Å². The number of piperazine rings is 1. The molecule has 0 radical (unpaired) electrons. The molecule has 0 atom stereocenters. The number of rotatable bonds is 2. The monoisotopic (exact) mass is 325 g/mol. The number of nitrogens with one attached hydrogen (secondary N) is 1. The van der Waals surface area contributed by atoms with Gasteiger partial charge in [0.1, 0.15) is 0 Å². The maximum atomic E-state index is 12.6. The lowest BCUT2D eigenvalue weighted by Gasteiger charge is -2.34. The predicted molar refractivity (Wildman–Crippen MR) is 93.3 cm³/mol. The molecule has 0 aliphatic carbocycles. The van der Waals surface area contributed by atoms with E-state index in [4.69, 9.17) is 0 Å². The number of nitrogens with zero attached hydrogens (tertiary/aromatic N) is 2. The quantitative estimate of drug-likeness (QED) is 0.922. The maximum absolute atomic E-state index is 12.6. The lowest BCUT2D eigenvalue weighted by atomic mass is 10.1. The number of aromatic amines is 1. The Morgan fingerprint density at radius 2 is 1.54 bits per heavy atom. The van der Waals surface area contributed by atoms with Gasteiger partial charge in [-0.3, -0.25) is 9.59 Å².